The van der Waals surface area contributed by atoms with Gasteiger partial charge in [-0.25, -0.2) is 13.1 Å². The molecule has 0 fully saturated rings. The topological polar surface area (TPSA) is 75.3 Å². The van der Waals surface area contributed by atoms with Crippen LogP contribution in [0.5, 0.6) is 0 Å². The zero-order valence-corrected chi connectivity index (χ0v) is 15.0. The predicted molar refractivity (Wildman–Crippen MR) is 89.6 cm³/mol. The van der Waals surface area contributed by atoms with Crippen LogP contribution in [0.25, 0.3) is 0 Å². The number of sulfonamides is 1. The lowest BCUT2D eigenvalue weighted by Gasteiger charge is -2.15. The van der Waals surface area contributed by atoms with Crippen molar-refractivity contribution >= 4 is 21.6 Å². The first-order valence-corrected chi connectivity index (χ1v) is 9.54. The van der Waals surface area contributed by atoms with Crippen LogP contribution in [0.3, 0.4) is 0 Å². The molecule has 0 saturated heterocycles. The molecule has 2 N–H and O–H groups in total. The number of anilines is 1. The fourth-order valence-electron chi connectivity index (χ4n) is 2.19. The summed E-state index contributed by atoms with van der Waals surface area (Å²) in [7, 11) is -4.25. The van der Waals surface area contributed by atoms with E-state index in [1.165, 1.54) is 16.9 Å². The number of carbonyl (C=O) groups excluding carboxylic acids is 1. The highest BCUT2D eigenvalue weighted by Gasteiger charge is 2.30. The van der Waals surface area contributed by atoms with Gasteiger partial charge >= 0.3 is 6.18 Å². The molecule has 1 aromatic carbocycles. The Morgan fingerprint density at radius 2 is 1.76 bits per heavy atom. The number of halogens is 3. The van der Waals surface area contributed by atoms with Gasteiger partial charge in [0.2, 0.25) is 15.9 Å². The summed E-state index contributed by atoms with van der Waals surface area (Å²) in [6, 6.07) is 5.02. The van der Waals surface area contributed by atoms with E-state index in [9.17, 15) is 26.4 Å². The lowest BCUT2D eigenvalue weighted by molar-refractivity contribution is -0.121. The van der Waals surface area contributed by atoms with Gasteiger partial charge in [0.1, 0.15) is 6.54 Å². The second-order valence-electron chi connectivity index (χ2n) is 5.70. The third-order valence-corrected chi connectivity index (χ3v) is 5.08. The minimum absolute atomic E-state index is 0.128. The average molecular weight is 380 g/mol. The van der Waals surface area contributed by atoms with E-state index < -0.39 is 22.7 Å². The van der Waals surface area contributed by atoms with Gasteiger partial charge in [-0.2, -0.15) is 13.2 Å². The van der Waals surface area contributed by atoms with Crippen LogP contribution >= 0.6 is 0 Å². The van der Waals surface area contributed by atoms with Gasteiger partial charge in [0.05, 0.1) is 4.90 Å². The molecule has 142 valence electrons. The largest absolute Gasteiger partial charge is 0.402 e. The van der Waals surface area contributed by atoms with E-state index in [0.29, 0.717) is 12.1 Å². The Morgan fingerprint density at radius 1 is 1.16 bits per heavy atom. The molecule has 1 rings (SSSR count). The number of benzene rings is 1. The van der Waals surface area contributed by atoms with Crippen LogP contribution in [0, 0.1) is 5.92 Å². The summed E-state index contributed by atoms with van der Waals surface area (Å²) < 4.78 is 61.5. The van der Waals surface area contributed by atoms with Crippen molar-refractivity contribution in [3.05, 3.63) is 24.3 Å². The zero-order valence-electron chi connectivity index (χ0n) is 14.2. The Kier molecular flexibility index (Phi) is 7.88. The minimum atomic E-state index is -4.63. The Morgan fingerprint density at radius 3 is 2.24 bits per heavy atom. The lowest BCUT2D eigenvalue weighted by atomic mass is 9.98. The van der Waals surface area contributed by atoms with Gasteiger partial charge in [0, 0.05) is 11.6 Å². The molecule has 1 amide bonds. The Labute approximate surface area is 146 Å². The number of unbranched alkanes of at least 4 members (excludes halogenated alkanes) is 1. The Bertz CT molecular complexity index is 658. The van der Waals surface area contributed by atoms with Crippen molar-refractivity contribution in [2.75, 3.05) is 11.9 Å². The molecule has 1 aromatic rings. The van der Waals surface area contributed by atoms with Crippen LogP contribution < -0.4 is 10.0 Å². The predicted octanol–water partition coefficient (Wildman–Crippen LogP) is 3.68. The maximum absolute atomic E-state index is 12.2. The molecule has 0 saturated carbocycles. The highest BCUT2D eigenvalue weighted by atomic mass is 32.2. The van der Waals surface area contributed by atoms with E-state index in [-0.39, 0.29) is 16.7 Å². The fourth-order valence-corrected chi connectivity index (χ4v) is 3.21. The maximum atomic E-state index is 12.2. The number of hydrogen-bond acceptors (Lipinski definition) is 3. The first-order valence-electron chi connectivity index (χ1n) is 8.06. The smallest absolute Gasteiger partial charge is 0.326 e. The number of rotatable bonds is 9. The van der Waals surface area contributed by atoms with Crippen molar-refractivity contribution in [1.82, 2.24) is 4.72 Å². The highest BCUT2D eigenvalue weighted by Crippen LogP contribution is 2.19. The normalized spacial score (nSPS) is 13.5. The van der Waals surface area contributed by atoms with Gasteiger partial charge in [0.15, 0.2) is 0 Å². The van der Waals surface area contributed by atoms with Gasteiger partial charge in [-0.05, 0) is 37.1 Å². The molecule has 0 radical (unpaired) electrons. The Balaban J connectivity index is 2.74. The lowest BCUT2D eigenvalue weighted by Crippen LogP contribution is -2.33. The summed E-state index contributed by atoms with van der Waals surface area (Å²) in [5.41, 5.74) is 0.398. The molecular weight excluding hydrogens is 357 g/mol. The third-order valence-electron chi connectivity index (χ3n) is 3.66. The molecule has 0 aliphatic heterocycles. The number of carbonyl (C=O) groups is 1. The SMILES string of the molecule is CCCCC(CC)C(=O)Nc1ccc(S(=O)(=O)NCC(F)(F)F)cc1. The second-order valence-corrected chi connectivity index (χ2v) is 7.47. The monoisotopic (exact) mass is 380 g/mol. The van der Waals surface area contributed by atoms with Crippen molar-refractivity contribution in [1.29, 1.82) is 0 Å². The van der Waals surface area contributed by atoms with Crippen LogP contribution in [0.2, 0.25) is 0 Å². The van der Waals surface area contributed by atoms with Gasteiger partial charge in [-0.15, -0.1) is 0 Å². The van der Waals surface area contributed by atoms with E-state index in [1.807, 2.05) is 13.8 Å². The molecule has 25 heavy (non-hydrogen) atoms. The fraction of sp³-hybridized carbons (Fsp3) is 0.562. The molecule has 5 nitrogen and oxygen atoms in total. The van der Waals surface area contributed by atoms with E-state index in [2.05, 4.69) is 5.32 Å². The number of nitrogens with one attached hydrogen (secondary N) is 2. The van der Waals surface area contributed by atoms with Crippen molar-refractivity contribution < 1.29 is 26.4 Å². The average Bonchev–Trinajstić information content (AvgIpc) is 2.54. The van der Waals surface area contributed by atoms with Gasteiger partial charge in [-0.1, -0.05) is 26.7 Å². The summed E-state index contributed by atoms with van der Waals surface area (Å²) in [4.78, 5) is 11.9. The Hall–Kier alpha value is -1.61. The van der Waals surface area contributed by atoms with Gasteiger partial charge < -0.3 is 5.32 Å². The number of amides is 1. The highest BCUT2D eigenvalue weighted by molar-refractivity contribution is 7.89. The minimum Gasteiger partial charge on any atom is -0.326 e. The van der Waals surface area contributed by atoms with Crippen molar-refractivity contribution in [3.63, 3.8) is 0 Å². The summed E-state index contributed by atoms with van der Waals surface area (Å²) >= 11 is 0. The van der Waals surface area contributed by atoms with Gasteiger partial charge in [0.25, 0.3) is 0 Å². The van der Waals surface area contributed by atoms with E-state index >= 15 is 0 Å². The molecule has 0 aliphatic rings. The van der Waals surface area contributed by atoms with Gasteiger partial charge in [-0.3, -0.25) is 4.79 Å². The summed E-state index contributed by atoms with van der Waals surface area (Å²) in [6.07, 6.45) is -1.24. The number of hydrogen-bond donors (Lipinski definition) is 2. The van der Waals surface area contributed by atoms with Crippen molar-refractivity contribution in [3.8, 4) is 0 Å². The molecule has 0 bridgehead atoms. The van der Waals surface area contributed by atoms with Crippen LogP contribution in [-0.2, 0) is 14.8 Å². The van der Waals surface area contributed by atoms with Crippen LogP contribution in [0.1, 0.15) is 39.5 Å². The molecule has 0 aromatic heterocycles. The van der Waals surface area contributed by atoms with E-state index in [0.717, 1.165) is 31.4 Å². The van der Waals surface area contributed by atoms with Crippen LogP contribution in [-0.4, -0.2) is 27.0 Å². The van der Waals surface area contributed by atoms with Crippen molar-refractivity contribution in [2.45, 2.75) is 50.6 Å². The van der Waals surface area contributed by atoms with E-state index in [1.54, 1.807) is 0 Å². The summed E-state index contributed by atoms with van der Waals surface area (Å²) in [5.74, 6) is -0.279. The van der Waals surface area contributed by atoms with Crippen LogP contribution in [0.4, 0.5) is 18.9 Å². The first kappa shape index (κ1) is 21.4. The summed E-state index contributed by atoms with van der Waals surface area (Å²) in [6.45, 7) is 2.32. The maximum Gasteiger partial charge on any atom is 0.402 e. The van der Waals surface area contributed by atoms with Crippen LogP contribution in [0.15, 0.2) is 29.2 Å². The van der Waals surface area contributed by atoms with E-state index in [4.69, 9.17) is 0 Å². The molecule has 1 unspecified atom stereocenters. The molecule has 0 heterocycles. The first-order chi connectivity index (χ1) is 11.6. The number of alkyl halides is 3. The zero-order chi connectivity index (χ0) is 19.1. The second kappa shape index (κ2) is 9.19. The standard InChI is InChI=1S/C16H23F3N2O3S/c1-3-5-6-12(4-2)15(22)21-13-7-9-14(10-8-13)25(23,24)20-11-16(17,18)19/h7-10,12,20H,3-6,11H2,1-2H3,(H,21,22). The quantitative estimate of drug-likeness (QED) is 0.686. The summed E-state index contributed by atoms with van der Waals surface area (Å²) in [5, 5.41) is 2.70. The molecule has 0 spiro atoms. The molecule has 0 aliphatic carbocycles. The third kappa shape index (κ3) is 7.43. The molecule has 9 heteroatoms. The molecular formula is C16H23F3N2O3S. The van der Waals surface area contributed by atoms with Crippen molar-refractivity contribution in [2.24, 2.45) is 5.92 Å². The molecule has 1 atom stereocenters.